The lowest BCUT2D eigenvalue weighted by molar-refractivity contribution is -0.384. The Labute approximate surface area is 258 Å². The topological polar surface area (TPSA) is 251 Å². The van der Waals surface area contributed by atoms with Crippen LogP contribution in [0.1, 0.15) is 39.7 Å². The van der Waals surface area contributed by atoms with Gasteiger partial charge in [-0.3, -0.25) is 43.8 Å². The first-order valence-corrected chi connectivity index (χ1v) is 13.8. The molecule has 0 heterocycles. The number of nitro benzene ring substituents is 1. The normalized spacial score (nSPS) is 13.4. The molecular formula is C29H36N6O10. The van der Waals surface area contributed by atoms with Gasteiger partial charge in [-0.25, -0.2) is 0 Å². The summed E-state index contributed by atoms with van der Waals surface area (Å²) in [6.07, 6.45) is -0.857. The molecule has 0 radical (unpaired) electrons. The molecule has 0 aliphatic heterocycles. The monoisotopic (exact) mass is 628 g/mol. The van der Waals surface area contributed by atoms with Crippen LogP contribution >= 0.6 is 0 Å². The van der Waals surface area contributed by atoms with Gasteiger partial charge in [-0.1, -0.05) is 26.0 Å². The molecule has 16 nitrogen and oxygen atoms in total. The van der Waals surface area contributed by atoms with Crippen molar-refractivity contribution in [3.05, 3.63) is 64.2 Å². The quantitative estimate of drug-likeness (QED) is 0.117. The van der Waals surface area contributed by atoms with Gasteiger partial charge in [-0.15, -0.1) is 0 Å². The number of non-ortho nitro benzene ring substituents is 1. The van der Waals surface area contributed by atoms with Crippen LogP contribution in [0.2, 0.25) is 0 Å². The highest BCUT2D eigenvalue weighted by molar-refractivity contribution is 6.05. The van der Waals surface area contributed by atoms with E-state index < -0.39 is 76.9 Å². The van der Waals surface area contributed by atoms with Crippen LogP contribution in [0.4, 0.5) is 11.4 Å². The second kappa shape index (κ2) is 15.8. The number of anilines is 1. The molecule has 2 rings (SSSR count). The lowest BCUT2D eigenvalue weighted by Gasteiger charge is -2.32. The first-order chi connectivity index (χ1) is 21.0. The number of carboxylic acid groups (broad SMARTS) is 1. The molecule has 242 valence electrons. The van der Waals surface area contributed by atoms with E-state index in [1.807, 2.05) is 0 Å². The Kier molecular flexibility index (Phi) is 12.5. The lowest BCUT2D eigenvalue weighted by Crippen LogP contribution is -2.59. The summed E-state index contributed by atoms with van der Waals surface area (Å²) < 4.78 is 0. The third-order valence-corrected chi connectivity index (χ3v) is 6.63. The molecule has 0 bridgehead atoms. The summed E-state index contributed by atoms with van der Waals surface area (Å²) in [6, 6.07) is 4.92. The molecule has 5 amide bonds. The highest BCUT2D eigenvalue weighted by Gasteiger charge is 2.36. The molecule has 4 atom stereocenters. The average molecular weight is 629 g/mol. The summed E-state index contributed by atoms with van der Waals surface area (Å²) in [5.41, 5.74) is 5.62. The van der Waals surface area contributed by atoms with Crippen molar-refractivity contribution in [3.63, 3.8) is 0 Å². The molecule has 16 heteroatoms. The molecular weight excluding hydrogens is 592 g/mol. The van der Waals surface area contributed by atoms with E-state index in [9.17, 15) is 49.1 Å². The largest absolute Gasteiger partial charge is 0.508 e. The summed E-state index contributed by atoms with van der Waals surface area (Å²) in [4.78, 5) is 87.0. The van der Waals surface area contributed by atoms with E-state index in [1.54, 1.807) is 26.0 Å². The van der Waals surface area contributed by atoms with Crippen molar-refractivity contribution >= 4 is 46.9 Å². The van der Waals surface area contributed by atoms with E-state index in [-0.39, 0.29) is 23.5 Å². The fourth-order valence-electron chi connectivity index (χ4n) is 4.36. The number of hydrogen-bond donors (Lipinski definition) is 6. The number of nitro groups is 1. The summed E-state index contributed by atoms with van der Waals surface area (Å²) in [6.45, 7) is 5.74. The Morgan fingerprint density at radius 3 is 1.96 bits per heavy atom. The van der Waals surface area contributed by atoms with Gasteiger partial charge in [0.05, 0.1) is 11.3 Å². The van der Waals surface area contributed by atoms with Crippen molar-refractivity contribution in [3.8, 4) is 5.75 Å². The van der Waals surface area contributed by atoms with Crippen LogP contribution in [0.3, 0.4) is 0 Å². The Morgan fingerprint density at radius 2 is 1.49 bits per heavy atom. The van der Waals surface area contributed by atoms with Gasteiger partial charge in [0.2, 0.25) is 29.5 Å². The maximum Gasteiger partial charge on any atom is 0.306 e. The van der Waals surface area contributed by atoms with E-state index in [2.05, 4.69) is 16.0 Å². The molecule has 0 saturated carbocycles. The van der Waals surface area contributed by atoms with Crippen molar-refractivity contribution in [2.45, 2.75) is 64.7 Å². The zero-order chi connectivity index (χ0) is 34.0. The van der Waals surface area contributed by atoms with Crippen molar-refractivity contribution in [1.82, 2.24) is 16.0 Å². The van der Waals surface area contributed by atoms with Crippen LogP contribution in [0.5, 0.6) is 5.75 Å². The molecule has 7 N–H and O–H groups in total. The minimum atomic E-state index is -1.71. The van der Waals surface area contributed by atoms with Crippen molar-refractivity contribution in [1.29, 1.82) is 0 Å². The number of carboxylic acids is 1. The SMILES string of the molecule is CC(=O)N[C@@H](Cc1ccc(O)cc1)C(=O)N[C@H](C(=O)N[C@@H](C)C(=O)N(c1ccc([N+](=O)[O-])cc1)[C@@H](CC(=O)O)C(N)=O)C(C)C. The third kappa shape index (κ3) is 10.3. The molecule has 2 aromatic rings. The van der Waals surface area contributed by atoms with Crippen molar-refractivity contribution in [2.75, 3.05) is 4.90 Å². The van der Waals surface area contributed by atoms with Crippen LogP contribution < -0.4 is 26.6 Å². The number of carbonyl (C=O) groups is 6. The van der Waals surface area contributed by atoms with E-state index in [4.69, 9.17) is 5.73 Å². The number of nitrogens with one attached hydrogen (secondary N) is 3. The van der Waals surface area contributed by atoms with Crippen molar-refractivity contribution in [2.24, 2.45) is 11.7 Å². The van der Waals surface area contributed by atoms with Gasteiger partial charge >= 0.3 is 5.97 Å². The molecule has 2 aromatic carbocycles. The molecule has 45 heavy (non-hydrogen) atoms. The van der Waals surface area contributed by atoms with E-state index >= 15 is 0 Å². The molecule has 0 unspecified atom stereocenters. The Hall–Kier alpha value is -5.54. The van der Waals surface area contributed by atoms with Gasteiger partial charge in [0.1, 0.15) is 29.9 Å². The number of aromatic hydroxyl groups is 1. The number of nitrogens with zero attached hydrogens (tertiary/aromatic N) is 2. The number of phenolic OH excluding ortho intramolecular Hbond substituents is 1. The lowest BCUT2D eigenvalue weighted by atomic mass is 10.0. The van der Waals surface area contributed by atoms with Crippen LogP contribution in [0.15, 0.2) is 48.5 Å². The number of primary amides is 1. The number of carbonyl (C=O) groups excluding carboxylic acids is 5. The second-order valence-corrected chi connectivity index (χ2v) is 10.6. The first-order valence-electron chi connectivity index (χ1n) is 13.8. The minimum absolute atomic E-state index is 0.0109. The fourth-order valence-corrected chi connectivity index (χ4v) is 4.36. The smallest absolute Gasteiger partial charge is 0.306 e. The predicted molar refractivity (Wildman–Crippen MR) is 160 cm³/mol. The number of benzene rings is 2. The Morgan fingerprint density at radius 1 is 0.911 bits per heavy atom. The summed E-state index contributed by atoms with van der Waals surface area (Å²) >= 11 is 0. The summed E-state index contributed by atoms with van der Waals surface area (Å²) in [5.74, 6) is -6.10. The van der Waals surface area contributed by atoms with Crippen LogP contribution in [-0.4, -0.2) is 74.8 Å². The standard InChI is InChI=1S/C29H36N6O10/c1-15(2)25(33-27(41)22(32-17(4)36)13-18-5-11-21(37)12-6-18)28(42)31-16(3)29(43)34(23(26(30)40)14-24(38)39)19-7-9-20(10-8-19)35(44)45/h5-12,15-16,22-23,25,37H,13-14H2,1-4H3,(H2,30,40)(H,31,42)(H,32,36)(H,33,41)(H,38,39)/t16-,22-,23-,25-/m0/s1. The molecule has 0 aromatic heterocycles. The van der Waals surface area contributed by atoms with Crippen molar-refractivity contribution < 1.29 is 43.9 Å². The minimum Gasteiger partial charge on any atom is -0.508 e. The third-order valence-electron chi connectivity index (χ3n) is 6.63. The number of rotatable bonds is 15. The van der Waals surface area contributed by atoms with Gasteiger partial charge < -0.3 is 31.9 Å². The average Bonchev–Trinajstić information content (AvgIpc) is 2.95. The highest BCUT2D eigenvalue weighted by Crippen LogP contribution is 2.24. The Balaban J connectivity index is 2.32. The molecule has 0 saturated heterocycles. The maximum absolute atomic E-state index is 13.6. The van der Waals surface area contributed by atoms with Crippen LogP contribution in [-0.2, 0) is 35.2 Å². The number of nitrogens with two attached hydrogens (primary N) is 1. The number of amides is 5. The predicted octanol–water partition coefficient (Wildman–Crippen LogP) is 0.355. The first kappa shape index (κ1) is 35.7. The number of hydrogen-bond acceptors (Lipinski definition) is 9. The number of phenols is 1. The molecule has 0 fully saturated rings. The second-order valence-electron chi connectivity index (χ2n) is 10.6. The van der Waals surface area contributed by atoms with Gasteiger partial charge in [0.15, 0.2) is 0 Å². The van der Waals surface area contributed by atoms with Crippen LogP contribution in [0.25, 0.3) is 0 Å². The summed E-state index contributed by atoms with van der Waals surface area (Å²) in [7, 11) is 0. The van der Waals surface area contributed by atoms with E-state index in [0.29, 0.717) is 5.56 Å². The van der Waals surface area contributed by atoms with Gasteiger partial charge in [-0.05, 0) is 42.7 Å². The zero-order valence-corrected chi connectivity index (χ0v) is 25.1. The highest BCUT2D eigenvalue weighted by atomic mass is 16.6. The number of aliphatic carboxylic acids is 1. The molecule has 0 aliphatic rings. The Bertz CT molecular complexity index is 1430. The maximum atomic E-state index is 13.6. The van der Waals surface area contributed by atoms with Gasteiger partial charge in [0, 0.05) is 31.2 Å². The van der Waals surface area contributed by atoms with E-state index in [0.717, 1.165) is 29.2 Å². The molecule has 0 aliphatic carbocycles. The van der Waals surface area contributed by atoms with Gasteiger partial charge in [-0.2, -0.15) is 0 Å². The van der Waals surface area contributed by atoms with Crippen LogP contribution in [0, 0.1) is 16.0 Å². The summed E-state index contributed by atoms with van der Waals surface area (Å²) in [5, 5.41) is 37.5. The molecule has 0 spiro atoms. The fraction of sp³-hybridized carbons (Fsp3) is 0.379. The zero-order valence-electron chi connectivity index (χ0n) is 25.1. The van der Waals surface area contributed by atoms with Gasteiger partial charge in [0.25, 0.3) is 5.69 Å². The van der Waals surface area contributed by atoms with E-state index in [1.165, 1.54) is 26.0 Å².